The van der Waals surface area contributed by atoms with Crippen LogP contribution in [0.1, 0.15) is 55.4 Å². The molecule has 2 aromatic rings. The molecule has 0 aromatic heterocycles. The highest BCUT2D eigenvalue weighted by Gasteiger charge is 2.14. The second kappa shape index (κ2) is 10.9. The number of nitrogens with zero attached hydrogens (tertiary/aromatic N) is 1. The van der Waals surface area contributed by atoms with Crippen molar-refractivity contribution in [1.82, 2.24) is 0 Å². The van der Waals surface area contributed by atoms with Crippen LogP contribution in [-0.4, -0.2) is 18.9 Å². The third-order valence-electron chi connectivity index (χ3n) is 5.09. The van der Waals surface area contributed by atoms with E-state index in [0.29, 0.717) is 18.6 Å². The molecule has 2 heteroatoms. The maximum Gasteiger partial charge on any atom is 0.0720 e. The van der Waals surface area contributed by atoms with E-state index in [0.717, 1.165) is 25.8 Å². The van der Waals surface area contributed by atoms with E-state index >= 15 is 0 Å². The minimum Gasteiger partial charge on any atom is -0.374 e. The minimum absolute atomic E-state index is 0.300. The summed E-state index contributed by atoms with van der Waals surface area (Å²) in [6.45, 7) is 10.3. The van der Waals surface area contributed by atoms with Gasteiger partial charge in [0.05, 0.1) is 12.7 Å². The Balaban J connectivity index is 1.83. The van der Waals surface area contributed by atoms with E-state index in [1.54, 1.807) is 0 Å². The van der Waals surface area contributed by atoms with E-state index in [1.165, 1.54) is 22.3 Å². The van der Waals surface area contributed by atoms with Crippen LogP contribution < -0.4 is 0 Å². The zero-order valence-electron chi connectivity index (χ0n) is 16.7. The minimum atomic E-state index is 0.300. The lowest BCUT2D eigenvalue weighted by Crippen LogP contribution is -2.18. The van der Waals surface area contributed by atoms with Crippen LogP contribution in [0.2, 0.25) is 0 Å². The van der Waals surface area contributed by atoms with Gasteiger partial charge in [-0.1, -0.05) is 68.8 Å². The molecular weight excluding hydrogens is 318 g/mol. The standard InChI is InChI=1S/C24H33NO/c1-5-21(16-25-17-22-10-8-7-9-11-22)15-24(6-2)26-18-23-13-12-19(3)20(4)14-23/h7-14,17,21,24H,5-6,15-16,18H2,1-4H3. The third-order valence-corrected chi connectivity index (χ3v) is 5.09. The van der Waals surface area contributed by atoms with Crippen molar-refractivity contribution in [3.8, 4) is 0 Å². The van der Waals surface area contributed by atoms with Gasteiger partial charge < -0.3 is 4.74 Å². The Kier molecular flexibility index (Phi) is 8.57. The van der Waals surface area contributed by atoms with Gasteiger partial charge in [-0.05, 0) is 54.9 Å². The molecule has 0 saturated carbocycles. The molecule has 0 spiro atoms. The fraction of sp³-hybridized carbons (Fsp3) is 0.458. The van der Waals surface area contributed by atoms with Crippen molar-refractivity contribution in [2.45, 2.75) is 59.7 Å². The van der Waals surface area contributed by atoms with Crippen molar-refractivity contribution >= 4 is 6.21 Å². The van der Waals surface area contributed by atoms with E-state index < -0.39 is 0 Å². The van der Waals surface area contributed by atoms with Gasteiger partial charge in [-0.25, -0.2) is 0 Å². The first-order chi connectivity index (χ1) is 12.6. The Morgan fingerprint density at radius 2 is 1.73 bits per heavy atom. The first kappa shape index (κ1) is 20.4. The molecule has 2 rings (SSSR count). The lowest BCUT2D eigenvalue weighted by atomic mass is 9.97. The molecule has 0 aliphatic rings. The lowest BCUT2D eigenvalue weighted by Gasteiger charge is -2.21. The monoisotopic (exact) mass is 351 g/mol. The number of hydrogen-bond donors (Lipinski definition) is 0. The lowest BCUT2D eigenvalue weighted by molar-refractivity contribution is 0.0222. The maximum absolute atomic E-state index is 6.22. The van der Waals surface area contributed by atoms with Crippen molar-refractivity contribution in [1.29, 1.82) is 0 Å². The SMILES string of the molecule is CCC(CN=Cc1ccccc1)CC(CC)OCc1ccc(C)c(C)c1. The Morgan fingerprint density at radius 3 is 2.38 bits per heavy atom. The molecule has 2 nitrogen and oxygen atoms in total. The fourth-order valence-corrected chi connectivity index (χ4v) is 3.05. The van der Waals surface area contributed by atoms with Crippen molar-refractivity contribution in [3.05, 3.63) is 70.8 Å². The van der Waals surface area contributed by atoms with Crippen LogP contribution >= 0.6 is 0 Å². The predicted octanol–water partition coefficient (Wildman–Crippen LogP) is 6.13. The molecule has 0 amide bonds. The molecule has 2 unspecified atom stereocenters. The summed E-state index contributed by atoms with van der Waals surface area (Å²) in [7, 11) is 0. The van der Waals surface area contributed by atoms with Crippen LogP contribution in [0.5, 0.6) is 0 Å². The van der Waals surface area contributed by atoms with Gasteiger partial charge in [-0.3, -0.25) is 4.99 Å². The van der Waals surface area contributed by atoms with Crippen LogP contribution in [0.25, 0.3) is 0 Å². The Labute approximate surface area is 159 Å². The number of aryl methyl sites for hydroxylation is 2. The molecule has 0 aliphatic heterocycles. The quantitative estimate of drug-likeness (QED) is 0.472. The maximum atomic E-state index is 6.22. The number of hydrogen-bond acceptors (Lipinski definition) is 2. The smallest absolute Gasteiger partial charge is 0.0720 e. The second-order valence-corrected chi connectivity index (χ2v) is 7.17. The molecule has 0 saturated heterocycles. The normalized spacial score (nSPS) is 13.8. The number of rotatable bonds is 10. The van der Waals surface area contributed by atoms with Crippen molar-refractivity contribution in [3.63, 3.8) is 0 Å². The van der Waals surface area contributed by atoms with Gasteiger partial charge in [0.25, 0.3) is 0 Å². The van der Waals surface area contributed by atoms with Crippen LogP contribution in [0, 0.1) is 19.8 Å². The highest BCUT2D eigenvalue weighted by molar-refractivity contribution is 5.79. The fourth-order valence-electron chi connectivity index (χ4n) is 3.05. The van der Waals surface area contributed by atoms with Gasteiger partial charge in [0.1, 0.15) is 0 Å². The summed E-state index contributed by atoms with van der Waals surface area (Å²) in [6, 6.07) is 16.9. The van der Waals surface area contributed by atoms with Gasteiger partial charge in [0.2, 0.25) is 0 Å². The number of aliphatic imine (C=N–C) groups is 1. The van der Waals surface area contributed by atoms with Crippen LogP contribution in [0.3, 0.4) is 0 Å². The largest absolute Gasteiger partial charge is 0.374 e. The topological polar surface area (TPSA) is 21.6 Å². The highest BCUT2D eigenvalue weighted by atomic mass is 16.5. The summed E-state index contributed by atoms with van der Waals surface area (Å²) in [5, 5.41) is 0. The summed E-state index contributed by atoms with van der Waals surface area (Å²) >= 11 is 0. The molecule has 0 radical (unpaired) electrons. The van der Waals surface area contributed by atoms with Crippen LogP contribution in [-0.2, 0) is 11.3 Å². The van der Waals surface area contributed by atoms with Crippen LogP contribution in [0.15, 0.2) is 53.5 Å². The molecule has 0 fully saturated rings. The summed E-state index contributed by atoms with van der Waals surface area (Å²) in [5.41, 5.74) is 5.10. The second-order valence-electron chi connectivity index (χ2n) is 7.17. The van der Waals surface area contributed by atoms with Gasteiger partial charge in [-0.2, -0.15) is 0 Å². The van der Waals surface area contributed by atoms with Crippen LogP contribution in [0.4, 0.5) is 0 Å². The summed E-state index contributed by atoms with van der Waals surface area (Å²) < 4.78 is 6.22. The van der Waals surface area contributed by atoms with E-state index in [9.17, 15) is 0 Å². The Hall–Kier alpha value is -1.93. The first-order valence-electron chi connectivity index (χ1n) is 9.85. The summed E-state index contributed by atoms with van der Waals surface area (Å²) in [5.74, 6) is 0.569. The first-order valence-corrected chi connectivity index (χ1v) is 9.85. The van der Waals surface area contributed by atoms with Crippen molar-refractivity contribution < 1.29 is 4.74 Å². The van der Waals surface area contributed by atoms with Gasteiger partial charge in [0, 0.05) is 12.8 Å². The molecule has 26 heavy (non-hydrogen) atoms. The molecule has 0 N–H and O–H groups in total. The summed E-state index contributed by atoms with van der Waals surface area (Å²) in [4.78, 5) is 4.66. The highest BCUT2D eigenvalue weighted by Crippen LogP contribution is 2.19. The van der Waals surface area contributed by atoms with Gasteiger partial charge in [-0.15, -0.1) is 0 Å². The van der Waals surface area contributed by atoms with E-state index in [2.05, 4.69) is 63.0 Å². The number of ether oxygens (including phenoxy) is 1. The van der Waals surface area contributed by atoms with Gasteiger partial charge in [0.15, 0.2) is 0 Å². The molecular formula is C24H33NO. The molecule has 2 atom stereocenters. The average molecular weight is 352 g/mol. The molecule has 2 aromatic carbocycles. The summed E-state index contributed by atoms with van der Waals surface area (Å²) in [6.07, 6.45) is 5.54. The van der Waals surface area contributed by atoms with E-state index in [-0.39, 0.29) is 0 Å². The van der Waals surface area contributed by atoms with Crippen molar-refractivity contribution in [2.75, 3.05) is 6.54 Å². The Morgan fingerprint density at radius 1 is 0.962 bits per heavy atom. The predicted molar refractivity (Wildman–Crippen MR) is 112 cm³/mol. The zero-order chi connectivity index (χ0) is 18.8. The van der Waals surface area contributed by atoms with Crippen molar-refractivity contribution in [2.24, 2.45) is 10.9 Å². The number of benzene rings is 2. The van der Waals surface area contributed by atoms with E-state index in [1.807, 2.05) is 24.4 Å². The molecule has 140 valence electrons. The zero-order valence-corrected chi connectivity index (χ0v) is 16.7. The third kappa shape index (κ3) is 6.76. The Bertz CT molecular complexity index is 678. The van der Waals surface area contributed by atoms with E-state index in [4.69, 9.17) is 4.74 Å². The van der Waals surface area contributed by atoms with Gasteiger partial charge >= 0.3 is 0 Å². The molecule has 0 heterocycles. The average Bonchev–Trinajstić information content (AvgIpc) is 2.67. The molecule has 0 aliphatic carbocycles. The molecule has 0 bridgehead atoms.